The van der Waals surface area contributed by atoms with Gasteiger partial charge in [0.25, 0.3) is 0 Å². The molecule has 77 heavy (non-hydrogen) atoms. The van der Waals surface area contributed by atoms with Gasteiger partial charge in [-0.15, -0.1) is 0 Å². The first kappa shape index (κ1) is 74.4. The van der Waals surface area contributed by atoms with Gasteiger partial charge in [-0.2, -0.15) is 0 Å². The second kappa shape index (κ2) is 65.9. The Hall–Kier alpha value is -2.63. The maximum Gasteiger partial charge on any atom is 0.306 e. The molecular weight excluding hydrogens is 949 g/mol. The molecule has 1 unspecified atom stereocenters. The zero-order valence-corrected chi connectivity index (χ0v) is 51.7. The number of allylic oxidation sites excluding steroid dienone is 8. The summed E-state index contributed by atoms with van der Waals surface area (Å²) in [5, 5.41) is 0. The second-order valence-electron chi connectivity index (χ2n) is 23.1. The first-order chi connectivity index (χ1) is 38.0. The van der Waals surface area contributed by atoms with Gasteiger partial charge in [0.2, 0.25) is 0 Å². The van der Waals surface area contributed by atoms with Crippen molar-refractivity contribution in [3.8, 4) is 0 Å². The maximum atomic E-state index is 12.9. The highest BCUT2D eigenvalue weighted by Gasteiger charge is 2.19. The molecule has 0 fully saturated rings. The van der Waals surface area contributed by atoms with Crippen molar-refractivity contribution in [3.05, 3.63) is 48.6 Å². The van der Waals surface area contributed by atoms with Crippen molar-refractivity contribution in [3.63, 3.8) is 0 Å². The van der Waals surface area contributed by atoms with E-state index in [0.717, 1.165) is 89.9 Å². The number of ether oxygens (including phenoxy) is 3. The summed E-state index contributed by atoms with van der Waals surface area (Å²) in [5.41, 5.74) is 0. The molecule has 0 amide bonds. The molecule has 0 aromatic heterocycles. The van der Waals surface area contributed by atoms with Gasteiger partial charge in [0.1, 0.15) is 13.2 Å². The molecule has 0 aromatic rings. The van der Waals surface area contributed by atoms with Gasteiger partial charge in [-0.3, -0.25) is 14.4 Å². The lowest BCUT2D eigenvalue weighted by atomic mass is 10.0. The van der Waals surface area contributed by atoms with Gasteiger partial charge in [-0.05, 0) is 77.0 Å². The minimum absolute atomic E-state index is 0.0779. The van der Waals surface area contributed by atoms with E-state index in [9.17, 15) is 14.4 Å². The SMILES string of the molecule is CCC/C=C\CCCCCCCC(=O)OCC(COC(=O)CCCCCCCCCCCCCCCCCCCCCCCCCCCCCC)OC(=O)CCCCCCCC/C=C\C/C=C\C/C=C\CCCCCCC. The fraction of sp³-hybridized carbons (Fsp3) is 0.845. The normalized spacial score (nSPS) is 12.3. The van der Waals surface area contributed by atoms with E-state index in [2.05, 4.69) is 69.4 Å². The van der Waals surface area contributed by atoms with Gasteiger partial charge in [0, 0.05) is 19.3 Å². The van der Waals surface area contributed by atoms with Crippen LogP contribution in [0.25, 0.3) is 0 Å². The summed E-state index contributed by atoms with van der Waals surface area (Å²) in [7, 11) is 0. The van der Waals surface area contributed by atoms with E-state index in [1.54, 1.807) is 0 Å². The van der Waals surface area contributed by atoms with E-state index in [1.807, 2.05) is 0 Å². The topological polar surface area (TPSA) is 78.9 Å². The predicted molar refractivity (Wildman–Crippen MR) is 335 cm³/mol. The van der Waals surface area contributed by atoms with Gasteiger partial charge in [-0.25, -0.2) is 0 Å². The largest absolute Gasteiger partial charge is 0.462 e. The number of unbranched alkanes of at least 4 members (excludes halogenated alkanes) is 44. The molecule has 0 aliphatic carbocycles. The Morgan fingerprint density at radius 3 is 0.792 bits per heavy atom. The Kier molecular flexibility index (Phi) is 63.6. The Morgan fingerprint density at radius 2 is 0.494 bits per heavy atom. The summed E-state index contributed by atoms with van der Waals surface area (Å²) in [6, 6.07) is 0. The van der Waals surface area contributed by atoms with Crippen LogP contribution in [0.3, 0.4) is 0 Å². The van der Waals surface area contributed by atoms with E-state index < -0.39 is 6.10 Å². The highest BCUT2D eigenvalue weighted by molar-refractivity contribution is 5.71. The zero-order chi connectivity index (χ0) is 55.7. The highest BCUT2D eigenvalue weighted by atomic mass is 16.6. The monoisotopic (exact) mass is 1080 g/mol. The predicted octanol–water partition coefficient (Wildman–Crippen LogP) is 23.3. The molecule has 450 valence electrons. The van der Waals surface area contributed by atoms with Crippen molar-refractivity contribution in [2.75, 3.05) is 13.2 Å². The van der Waals surface area contributed by atoms with Crippen molar-refractivity contribution < 1.29 is 28.6 Å². The Morgan fingerprint density at radius 1 is 0.260 bits per heavy atom. The number of esters is 3. The number of hydrogen-bond acceptors (Lipinski definition) is 6. The molecule has 0 bridgehead atoms. The average molecular weight is 1080 g/mol. The van der Waals surface area contributed by atoms with Crippen LogP contribution in [0, 0.1) is 0 Å². The summed E-state index contributed by atoms with van der Waals surface area (Å²) in [6.07, 6.45) is 82.9. The van der Waals surface area contributed by atoms with Crippen molar-refractivity contribution >= 4 is 17.9 Å². The molecule has 0 aliphatic rings. The van der Waals surface area contributed by atoms with Crippen LogP contribution in [-0.2, 0) is 28.6 Å². The summed E-state index contributed by atoms with van der Waals surface area (Å²) in [5.74, 6) is -0.882. The molecule has 0 rings (SSSR count). The molecule has 0 radical (unpaired) electrons. The first-order valence-electron chi connectivity index (χ1n) is 34.1. The summed E-state index contributed by atoms with van der Waals surface area (Å²) in [6.45, 7) is 6.61. The minimum Gasteiger partial charge on any atom is -0.462 e. The Balaban J connectivity index is 4.16. The molecule has 0 aliphatic heterocycles. The van der Waals surface area contributed by atoms with E-state index in [-0.39, 0.29) is 31.1 Å². The molecule has 0 N–H and O–H groups in total. The molecule has 0 saturated heterocycles. The van der Waals surface area contributed by atoms with Crippen LogP contribution in [0.15, 0.2) is 48.6 Å². The van der Waals surface area contributed by atoms with E-state index in [1.165, 1.54) is 238 Å². The molecular formula is C71H130O6. The number of hydrogen-bond donors (Lipinski definition) is 0. The van der Waals surface area contributed by atoms with Crippen molar-refractivity contribution in [2.45, 2.75) is 374 Å². The van der Waals surface area contributed by atoms with E-state index in [4.69, 9.17) is 14.2 Å². The fourth-order valence-corrected chi connectivity index (χ4v) is 10.2. The smallest absolute Gasteiger partial charge is 0.306 e. The van der Waals surface area contributed by atoms with E-state index >= 15 is 0 Å². The molecule has 0 heterocycles. The van der Waals surface area contributed by atoms with Gasteiger partial charge in [0.15, 0.2) is 6.10 Å². The highest BCUT2D eigenvalue weighted by Crippen LogP contribution is 2.18. The van der Waals surface area contributed by atoms with Crippen LogP contribution in [0.5, 0.6) is 0 Å². The second-order valence-corrected chi connectivity index (χ2v) is 23.1. The number of carbonyl (C=O) groups excluding carboxylic acids is 3. The third kappa shape index (κ3) is 64.1. The van der Waals surface area contributed by atoms with Crippen LogP contribution in [0.1, 0.15) is 367 Å². The van der Waals surface area contributed by atoms with Gasteiger partial charge >= 0.3 is 17.9 Å². The zero-order valence-electron chi connectivity index (χ0n) is 51.7. The number of rotatable bonds is 63. The lowest BCUT2D eigenvalue weighted by molar-refractivity contribution is -0.167. The molecule has 6 heteroatoms. The summed E-state index contributed by atoms with van der Waals surface area (Å²) < 4.78 is 16.9. The van der Waals surface area contributed by atoms with Crippen molar-refractivity contribution in [1.82, 2.24) is 0 Å². The van der Waals surface area contributed by atoms with Gasteiger partial charge in [-0.1, -0.05) is 320 Å². The maximum absolute atomic E-state index is 12.9. The third-order valence-corrected chi connectivity index (χ3v) is 15.3. The molecule has 0 aromatic carbocycles. The average Bonchev–Trinajstić information content (AvgIpc) is 3.43. The van der Waals surface area contributed by atoms with Crippen LogP contribution in [0.4, 0.5) is 0 Å². The molecule has 1 atom stereocenters. The molecule has 0 spiro atoms. The van der Waals surface area contributed by atoms with Crippen LogP contribution in [0.2, 0.25) is 0 Å². The first-order valence-corrected chi connectivity index (χ1v) is 34.1. The van der Waals surface area contributed by atoms with Crippen molar-refractivity contribution in [1.29, 1.82) is 0 Å². The summed E-state index contributed by atoms with van der Waals surface area (Å²) in [4.78, 5) is 38.3. The van der Waals surface area contributed by atoms with Gasteiger partial charge in [0.05, 0.1) is 0 Å². The third-order valence-electron chi connectivity index (χ3n) is 15.3. The lowest BCUT2D eigenvalue weighted by Gasteiger charge is -2.18. The van der Waals surface area contributed by atoms with Crippen LogP contribution >= 0.6 is 0 Å². The molecule has 0 saturated carbocycles. The Bertz CT molecular complexity index is 1330. The quantitative estimate of drug-likeness (QED) is 0.0261. The van der Waals surface area contributed by atoms with Crippen molar-refractivity contribution in [2.24, 2.45) is 0 Å². The van der Waals surface area contributed by atoms with Crippen LogP contribution in [-0.4, -0.2) is 37.2 Å². The summed E-state index contributed by atoms with van der Waals surface area (Å²) >= 11 is 0. The fourth-order valence-electron chi connectivity index (χ4n) is 10.2. The number of carbonyl (C=O) groups is 3. The minimum atomic E-state index is -0.782. The van der Waals surface area contributed by atoms with E-state index in [0.29, 0.717) is 19.3 Å². The van der Waals surface area contributed by atoms with Gasteiger partial charge < -0.3 is 14.2 Å². The lowest BCUT2D eigenvalue weighted by Crippen LogP contribution is -2.30. The van der Waals surface area contributed by atoms with Crippen LogP contribution < -0.4 is 0 Å². The standard InChI is InChI=1S/C71H130O6/c1-4-7-10-13-16-19-22-24-26-28-30-32-33-34-35-36-37-38-40-41-43-45-47-49-52-55-58-61-64-70(73)76-67-68(66-75-69(72)63-60-57-54-51-21-18-15-12-9-6-3)77-71(74)65-62-59-56-53-50-48-46-44-42-39-31-29-27-25-23-20-17-14-11-8-5-2/h12,15,23,25,29,31,42,44,68H,4-11,13-14,16-22,24,26-28,30,32-41,43,45-67H2,1-3H3/b15-12-,25-23-,31-29-,44-42-. The molecule has 6 nitrogen and oxygen atoms in total. The Labute approximate surface area is 479 Å².